The van der Waals surface area contributed by atoms with E-state index >= 15 is 0 Å². The summed E-state index contributed by atoms with van der Waals surface area (Å²) in [7, 11) is 4.33. The summed E-state index contributed by atoms with van der Waals surface area (Å²) < 4.78 is 0. The van der Waals surface area contributed by atoms with Crippen molar-refractivity contribution in [2.45, 2.75) is 30.6 Å². The molecule has 0 bridgehead atoms. The summed E-state index contributed by atoms with van der Waals surface area (Å²) in [6.45, 7) is 2.07. The van der Waals surface area contributed by atoms with Crippen LogP contribution in [0.2, 0.25) is 0 Å². The third-order valence-electron chi connectivity index (χ3n) is 7.38. The SMILES string of the molecule is CN(C)[C@@H]1CCN(c2cccc(C3(N4N=CCC4c4ccccc4)N=C(N)Nc4ccsc43)c2)C1. The van der Waals surface area contributed by atoms with Gasteiger partial charge < -0.3 is 20.9 Å². The molecule has 3 atom stereocenters. The molecular formula is C27H31N7S. The van der Waals surface area contributed by atoms with Crippen LogP contribution in [0.1, 0.15) is 34.9 Å². The van der Waals surface area contributed by atoms with Gasteiger partial charge in [-0.2, -0.15) is 5.10 Å². The summed E-state index contributed by atoms with van der Waals surface area (Å²) in [6.07, 6.45) is 4.00. The number of hydrazone groups is 1. The smallest absolute Gasteiger partial charge is 0.214 e. The van der Waals surface area contributed by atoms with Gasteiger partial charge in [0.1, 0.15) is 0 Å². The van der Waals surface area contributed by atoms with Gasteiger partial charge in [-0.3, -0.25) is 5.01 Å². The minimum Gasteiger partial charge on any atom is -0.370 e. The van der Waals surface area contributed by atoms with Gasteiger partial charge in [0.25, 0.3) is 0 Å². The van der Waals surface area contributed by atoms with Gasteiger partial charge in [-0.25, -0.2) is 4.99 Å². The average molecular weight is 486 g/mol. The number of nitrogens with two attached hydrogens (primary N) is 1. The maximum absolute atomic E-state index is 6.43. The second kappa shape index (κ2) is 8.70. The molecule has 8 heteroatoms. The van der Waals surface area contributed by atoms with E-state index in [0.29, 0.717) is 12.0 Å². The fourth-order valence-corrected chi connectivity index (χ4v) is 6.55. The summed E-state index contributed by atoms with van der Waals surface area (Å²) in [5.41, 5.74) is 10.1. The lowest BCUT2D eigenvalue weighted by Crippen LogP contribution is -2.47. The van der Waals surface area contributed by atoms with Gasteiger partial charge in [0.05, 0.1) is 16.6 Å². The lowest BCUT2D eigenvalue weighted by Gasteiger charge is -2.43. The van der Waals surface area contributed by atoms with Gasteiger partial charge in [0, 0.05) is 43.0 Å². The zero-order chi connectivity index (χ0) is 24.0. The molecule has 1 aromatic heterocycles. The van der Waals surface area contributed by atoms with E-state index < -0.39 is 5.66 Å². The monoisotopic (exact) mass is 485 g/mol. The Hall–Kier alpha value is -3.36. The number of aliphatic imine (C=N–C) groups is 1. The van der Waals surface area contributed by atoms with E-state index in [4.69, 9.17) is 15.8 Å². The van der Waals surface area contributed by atoms with Crippen LogP contribution in [0.4, 0.5) is 11.4 Å². The Labute approximate surface area is 210 Å². The van der Waals surface area contributed by atoms with E-state index in [9.17, 15) is 0 Å². The Morgan fingerprint density at radius 1 is 1.11 bits per heavy atom. The van der Waals surface area contributed by atoms with E-state index in [1.807, 2.05) is 6.21 Å². The summed E-state index contributed by atoms with van der Waals surface area (Å²) in [5, 5.41) is 12.5. The predicted molar refractivity (Wildman–Crippen MR) is 145 cm³/mol. The van der Waals surface area contributed by atoms with Crippen LogP contribution in [0.25, 0.3) is 0 Å². The van der Waals surface area contributed by atoms with Crippen LogP contribution in [0.3, 0.4) is 0 Å². The normalized spacial score (nSPS) is 25.6. The fraction of sp³-hybridized carbons (Fsp3) is 0.333. The highest BCUT2D eigenvalue weighted by molar-refractivity contribution is 7.10. The first-order valence-electron chi connectivity index (χ1n) is 12.2. The van der Waals surface area contributed by atoms with Crippen molar-refractivity contribution in [1.82, 2.24) is 9.91 Å². The highest BCUT2D eigenvalue weighted by Gasteiger charge is 2.49. The standard InChI is InChI=1S/C27H31N7S/c1-32(2)22-12-15-33(18-22)21-10-6-9-20(17-21)27(25-23(13-16-35-25)30-26(28)31-27)34-24(11-14-29-34)19-7-4-3-5-8-19/h3-10,13-14,16-17,22,24H,11-12,15,18H2,1-2H3,(H3,28,30,31)/t22-,24?,27?/m1/s1. The third kappa shape index (κ3) is 3.68. The van der Waals surface area contributed by atoms with Crippen LogP contribution in [0, 0.1) is 0 Å². The Morgan fingerprint density at radius 3 is 2.77 bits per heavy atom. The molecule has 2 aromatic carbocycles. The van der Waals surface area contributed by atoms with E-state index in [2.05, 4.69) is 100 Å². The molecule has 1 saturated heterocycles. The number of rotatable bonds is 5. The van der Waals surface area contributed by atoms with Gasteiger partial charge in [0.15, 0.2) is 5.96 Å². The minimum atomic E-state index is -0.844. The first-order valence-corrected chi connectivity index (χ1v) is 13.0. The molecule has 2 unspecified atom stereocenters. The average Bonchev–Trinajstić information content (AvgIpc) is 3.65. The largest absolute Gasteiger partial charge is 0.370 e. The van der Waals surface area contributed by atoms with Gasteiger partial charge in [0.2, 0.25) is 5.66 Å². The molecule has 0 aliphatic carbocycles. The summed E-state index contributed by atoms with van der Waals surface area (Å²) in [5.74, 6) is 0.407. The third-order valence-corrected chi connectivity index (χ3v) is 8.39. The van der Waals surface area contributed by atoms with E-state index in [0.717, 1.165) is 35.6 Å². The molecule has 0 radical (unpaired) electrons. The van der Waals surface area contributed by atoms with Crippen molar-refractivity contribution >= 4 is 34.9 Å². The molecule has 3 aliphatic heterocycles. The minimum absolute atomic E-state index is 0.0642. The van der Waals surface area contributed by atoms with E-state index in [1.54, 1.807) is 11.3 Å². The molecule has 1 fully saturated rings. The number of hydrogen-bond acceptors (Lipinski definition) is 8. The molecule has 3 N–H and O–H groups in total. The zero-order valence-electron chi connectivity index (χ0n) is 20.1. The lowest BCUT2D eigenvalue weighted by atomic mass is 9.91. The highest BCUT2D eigenvalue weighted by atomic mass is 32.1. The van der Waals surface area contributed by atoms with Crippen molar-refractivity contribution in [2.75, 3.05) is 37.4 Å². The lowest BCUT2D eigenvalue weighted by molar-refractivity contribution is 0.0991. The molecule has 6 rings (SSSR count). The van der Waals surface area contributed by atoms with Gasteiger partial charge in [-0.15, -0.1) is 11.3 Å². The number of hydrogen-bond donors (Lipinski definition) is 2. The van der Waals surface area contributed by atoms with Gasteiger partial charge in [-0.1, -0.05) is 42.5 Å². The number of likely N-dealkylation sites (N-methyl/N-ethyl adjacent to an activating group) is 1. The van der Waals surface area contributed by atoms with E-state index in [1.165, 1.54) is 17.7 Å². The fourth-order valence-electron chi connectivity index (χ4n) is 5.55. The Balaban J connectivity index is 1.49. The van der Waals surface area contributed by atoms with Crippen molar-refractivity contribution < 1.29 is 0 Å². The van der Waals surface area contributed by atoms with Crippen molar-refractivity contribution in [3.8, 4) is 0 Å². The molecule has 3 aliphatic rings. The van der Waals surface area contributed by atoms with Crippen LogP contribution in [-0.2, 0) is 5.66 Å². The predicted octanol–water partition coefficient (Wildman–Crippen LogP) is 4.26. The molecule has 0 amide bonds. The van der Waals surface area contributed by atoms with Crippen molar-refractivity contribution in [3.05, 3.63) is 82.0 Å². The maximum atomic E-state index is 6.43. The van der Waals surface area contributed by atoms with Crippen molar-refractivity contribution in [1.29, 1.82) is 0 Å². The van der Waals surface area contributed by atoms with Crippen LogP contribution in [-0.4, -0.2) is 55.3 Å². The summed E-state index contributed by atoms with van der Waals surface area (Å²) >= 11 is 1.69. The highest BCUT2D eigenvalue weighted by Crippen LogP contribution is 2.51. The number of nitrogens with one attached hydrogen (secondary N) is 1. The molecule has 4 heterocycles. The number of anilines is 2. The molecule has 7 nitrogen and oxygen atoms in total. The number of guanidine groups is 1. The van der Waals surface area contributed by atoms with Crippen LogP contribution >= 0.6 is 11.3 Å². The summed E-state index contributed by atoms with van der Waals surface area (Å²) in [4.78, 5) is 11.1. The number of nitrogens with zero attached hydrogens (tertiary/aromatic N) is 5. The quantitative estimate of drug-likeness (QED) is 0.565. The maximum Gasteiger partial charge on any atom is 0.214 e. The molecule has 0 saturated carbocycles. The van der Waals surface area contributed by atoms with Gasteiger partial charge in [-0.05, 0) is 49.7 Å². The second-order valence-electron chi connectivity index (χ2n) is 9.66. The number of thiophene rings is 1. The second-order valence-corrected chi connectivity index (χ2v) is 10.6. The van der Waals surface area contributed by atoms with Crippen LogP contribution in [0.15, 0.2) is 76.1 Å². The first-order chi connectivity index (χ1) is 17.1. The molecule has 35 heavy (non-hydrogen) atoms. The van der Waals surface area contributed by atoms with Crippen molar-refractivity contribution in [3.63, 3.8) is 0 Å². The molecule has 0 spiro atoms. The zero-order valence-corrected chi connectivity index (χ0v) is 20.9. The van der Waals surface area contributed by atoms with Crippen LogP contribution in [0.5, 0.6) is 0 Å². The molecule has 3 aromatic rings. The first kappa shape index (κ1) is 22.1. The number of benzene rings is 2. The summed E-state index contributed by atoms with van der Waals surface area (Å²) in [6, 6.07) is 22.1. The Kier molecular flexibility index (Phi) is 5.50. The number of fused-ring (bicyclic) bond motifs is 1. The van der Waals surface area contributed by atoms with Crippen molar-refractivity contribution in [2.24, 2.45) is 15.8 Å². The van der Waals surface area contributed by atoms with E-state index in [-0.39, 0.29) is 6.04 Å². The van der Waals surface area contributed by atoms with Crippen LogP contribution < -0.4 is 16.0 Å². The Bertz CT molecular complexity index is 1270. The molecule has 180 valence electrons. The topological polar surface area (TPSA) is 72.5 Å². The molecular weight excluding hydrogens is 454 g/mol. The Morgan fingerprint density at radius 2 is 1.97 bits per heavy atom. The van der Waals surface area contributed by atoms with Gasteiger partial charge >= 0.3 is 0 Å².